The van der Waals surface area contributed by atoms with E-state index in [2.05, 4.69) is 149 Å². The van der Waals surface area contributed by atoms with Crippen LogP contribution in [0.2, 0.25) is 0 Å². The molecule has 0 unspecified atom stereocenters. The maximum atomic E-state index is 6.34. The zero-order valence-electron chi connectivity index (χ0n) is 30.0. The van der Waals surface area contributed by atoms with Crippen LogP contribution in [0, 0.1) is 0 Å². The van der Waals surface area contributed by atoms with Gasteiger partial charge in [0.1, 0.15) is 11.2 Å². The Kier molecular flexibility index (Phi) is 6.53. The molecule has 0 saturated heterocycles. The van der Waals surface area contributed by atoms with Crippen LogP contribution in [0.1, 0.15) is 0 Å². The van der Waals surface area contributed by atoms with Gasteiger partial charge in [0.15, 0.2) is 11.6 Å². The summed E-state index contributed by atoms with van der Waals surface area (Å²) in [6, 6.07) is 66.1. The van der Waals surface area contributed by atoms with E-state index in [0.29, 0.717) is 5.82 Å². The molecule has 0 atom stereocenters. The molecule has 0 N–H and O–H groups in total. The zero-order valence-corrected chi connectivity index (χ0v) is 30.0. The average Bonchev–Trinajstić information content (AvgIpc) is 4.03. The molecule has 4 aromatic heterocycles. The van der Waals surface area contributed by atoms with Gasteiger partial charge in [0.05, 0.1) is 27.8 Å². The van der Waals surface area contributed by atoms with Gasteiger partial charge in [0, 0.05) is 54.8 Å². The van der Waals surface area contributed by atoms with Crippen LogP contribution in [0.4, 0.5) is 0 Å². The average molecular weight is 718 g/mol. The summed E-state index contributed by atoms with van der Waals surface area (Å²) in [6.07, 6.45) is 0. The Hall–Kier alpha value is -7.70. The molecule has 12 aromatic rings. The zero-order chi connectivity index (χ0) is 36.7. The third-order valence-electron chi connectivity index (χ3n) is 11.1. The standard InChI is InChI=1S/C50H31N5O/c1-3-14-32(15-4-1)49-51-50(33-16-5-2-6-17-33)55(52-49)36-26-27-45-40(29-36)37-20-7-10-23-43(37)53(45)34-18-13-19-35(28-34)54-44-24-11-8-21-38(44)41-31-48-42(30-46(41)54)39-22-9-12-25-47(39)56-48/h1-31H. The van der Waals surface area contributed by atoms with Crippen LogP contribution in [-0.4, -0.2) is 23.9 Å². The molecule has 0 aliphatic carbocycles. The molecular weight excluding hydrogens is 687 g/mol. The van der Waals surface area contributed by atoms with E-state index >= 15 is 0 Å². The molecule has 12 rings (SSSR count). The normalized spacial score (nSPS) is 11.9. The van der Waals surface area contributed by atoms with Gasteiger partial charge in [0.2, 0.25) is 0 Å². The summed E-state index contributed by atoms with van der Waals surface area (Å²) in [5, 5.41) is 12.0. The van der Waals surface area contributed by atoms with E-state index in [0.717, 1.165) is 83.4 Å². The number of fused-ring (bicyclic) bond motifs is 9. The number of benzene rings is 8. The van der Waals surface area contributed by atoms with Gasteiger partial charge in [0.25, 0.3) is 0 Å². The van der Waals surface area contributed by atoms with Crippen molar-refractivity contribution in [3.05, 3.63) is 188 Å². The first-order chi connectivity index (χ1) is 27.8. The van der Waals surface area contributed by atoms with E-state index in [1.54, 1.807) is 0 Å². The summed E-state index contributed by atoms with van der Waals surface area (Å²) in [6.45, 7) is 0. The first-order valence-corrected chi connectivity index (χ1v) is 18.8. The van der Waals surface area contributed by atoms with Crippen molar-refractivity contribution in [2.75, 3.05) is 0 Å². The number of para-hydroxylation sites is 3. The van der Waals surface area contributed by atoms with Crippen molar-refractivity contribution >= 4 is 65.6 Å². The van der Waals surface area contributed by atoms with Crippen molar-refractivity contribution in [1.29, 1.82) is 0 Å². The third kappa shape index (κ3) is 4.56. The number of furan rings is 1. The largest absolute Gasteiger partial charge is 0.456 e. The maximum Gasteiger partial charge on any atom is 0.182 e. The Morgan fingerprint density at radius 2 is 0.946 bits per heavy atom. The minimum atomic E-state index is 0.690. The van der Waals surface area contributed by atoms with E-state index in [1.165, 1.54) is 16.2 Å². The number of hydrogen-bond acceptors (Lipinski definition) is 3. The fraction of sp³-hybridized carbons (Fsp3) is 0. The summed E-state index contributed by atoms with van der Waals surface area (Å²) in [4.78, 5) is 5.07. The second-order valence-electron chi connectivity index (χ2n) is 14.3. The fourth-order valence-electron chi connectivity index (χ4n) is 8.58. The molecular formula is C50H31N5O. The Bertz CT molecular complexity index is 3480. The Morgan fingerprint density at radius 1 is 0.357 bits per heavy atom. The molecule has 0 saturated carbocycles. The lowest BCUT2D eigenvalue weighted by molar-refractivity contribution is 0.669. The number of rotatable bonds is 5. The first kappa shape index (κ1) is 30.7. The van der Waals surface area contributed by atoms with Gasteiger partial charge < -0.3 is 13.6 Å². The summed E-state index contributed by atoms with van der Waals surface area (Å²) in [5.74, 6) is 1.49. The highest BCUT2D eigenvalue weighted by molar-refractivity contribution is 6.17. The topological polar surface area (TPSA) is 53.7 Å². The van der Waals surface area contributed by atoms with Crippen LogP contribution in [-0.2, 0) is 0 Å². The lowest BCUT2D eigenvalue weighted by atomic mass is 10.1. The van der Waals surface area contributed by atoms with Crippen LogP contribution in [0.15, 0.2) is 192 Å². The van der Waals surface area contributed by atoms with Gasteiger partial charge in [-0.15, -0.1) is 5.10 Å². The predicted molar refractivity (Wildman–Crippen MR) is 228 cm³/mol. The van der Waals surface area contributed by atoms with E-state index in [4.69, 9.17) is 14.5 Å². The Morgan fingerprint density at radius 3 is 1.68 bits per heavy atom. The van der Waals surface area contributed by atoms with Gasteiger partial charge in [-0.25, -0.2) is 9.67 Å². The summed E-state index contributed by atoms with van der Waals surface area (Å²) < 4.78 is 13.1. The summed E-state index contributed by atoms with van der Waals surface area (Å²) in [5.41, 5.74) is 11.5. The van der Waals surface area contributed by atoms with Gasteiger partial charge in [-0.3, -0.25) is 0 Å². The van der Waals surface area contributed by atoms with Crippen LogP contribution in [0.3, 0.4) is 0 Å². The molecule has 8 aromatic carbocycles. The van der Waals surface area contributed by atoms with E-state index < -0.39 is 0 Å². The maximum absolute atomic E-state index is 6.34. The van der Waals surface area contributed by atoms with E-state index in [-0.39, 0.29) is 0 Å². The minimum absolute atomic E-state index is 0.690. The smallest absolute Gasteiger partial charge is 0.182 e. The van der Waals surface area contributed by atoms with E-state index in [9.17, 15) is 0 Å². The fourth-order valence-corrected chi connectivity index (χ4v) is 8.58. The van der Waals surface area contributed by atoms with Crippen molar-refractivity contribution in [3.8, 4) is 39.8 Å². The molecule has 0 aliphatic heterocycles. The van der Waals surface area contributed by atoms with Crippen LogP contribution >= 0.6 is 0 Å². The van der Waals surface area contributed by atoms with Crippen LogP contribution < -0.4 is 0 Å². The number of nitrogens with zero attached hydrogens (tertiary/aromatic N) is 5. The lowest BCUT2D eigenvalue weighted by Crippen LogP contribution is -2.00. The summed E-state index contributed by atoms with van der Waals surface area (Å²) >= 11 is 0. The predicted octanol–water partition coefficient (Wildman–Crippen LogP) is 12.7. The lowest BCUT2D eigenvalue weighted by Gasteiger charge is -2.13. The molecule has 6 nitrogen and oxygen atoms in total. The molecule has 0 aliphatic rings. The molecule has 56 heavy (non-hydrogen) atoms. The molecule has 0 fully saturated rings. The highest BCUT2D eigenvalue weighted by Gasteiger charge is 2.20. The highest BCUT2D eigenvalue weighted by Crippen LogP contribution is 2.40. The molecule has 0 spiro atoms. The van der Waals surface area contributed by atoms with Crippen molar-refractivity contribution < 1.29 is 4.42 Å². The molecule has 262 valence electrons. The second-order valence-corrected chi connectivity index (χ2v) is 14.3. The molecule has 0 amide bonds. The third-order valence-corrected chi connectivity index (χ3v) is 11.1. The Balaban J connectivity index is 1.05. The highest BCUT2D eigenvalue weighted by atomic mass is 16.3. The Labute approximate surface area is 320 Å². The van der Waals surface area contributed by atoms with Gasteiger partial charge >= 0.3 is 0 Å². The SMILES string of the molecule is c1ccc(-c2nc(-c3ccccc3)n(-c3ccc4c(c3)c3ccccc3n4-c3cccc(-n4c5ccccc5c5cc6oc7ccccc7c6cc54)c3)n2)cc1. The number of hydrogen-bond donors (Lipinski definition) is 0. The minimum Gasteiger partial charge on any atom is -0.456 e. The quantitative estimate of drug-likeness (QED) is 0.178. The molecule has 4 heterocycles. The van der Waals surface area contributed by atoms with Crippen LogP contribution in [0.5, 0.6) is 0 Å². The van der Waals surface area contributed by atoms with Crippen molar-refractivity contribution in [2.45, 2.75) is 0 Å². The monoisotopic (exact) mass is 717 g/mol. The van der Waals surface area contributed by atoms with E-state index in [1.807, 2.05) is 53.2 Å². The van der Waals surface area contributed by atoms with Crippen molar-refractivity contribution in [2.24, 2.45) is 0 Å². The van der Waals surface area contributed by atoms with Gasteiger partial charge in [-0.2, -0.15) is 0 Å². The van der Waals surface area contributed by atoms with Crippen molar-refractivity contribution in [3.63, 3.8) is 0 Å². The van der Waals surface area contributed by atoms with Crippen LogP contribution in [0.25, 0.3) is 105 Å². The number of aromatic nitrogens is 5. The van der Waals surface area contributed by atoms with Crippen molar-refractivity contribution in [1.82, 2.24) is 23.9 Å². The van der Waals surface area contributed by atoms with Gasteiger partial charge in [-0.1, -0.05) is 121 Å². The summed E-state index contributed by atoms with van der Waals surface area (Å²) in [7, 11) is 0. The first-order valence-electron chi connectivity index (χ1n) is 18.8. The second kappa shape index (κ2) is 11.9. The molecule has 0 radical (unpaired) electrons. The van der Waals surface area contributed by atoms with Gasteiger partial charge in [-0.05, 0) is 66.7 Å². The molecule has 0 bridgehead atoms. The molecule has 6 heteroatoms.